The van der Waals surface area contributed by atoms with Crippen LogP contribution in [0.4, 0.5) is 15.8 Å². The number of Topliss-reactive ketones (excluding diaryl/α,β-unsaturated/α-hetero) is 1. The molecule has 0 saturated carbocycles. The molecule has 1 fully saturated rings. The van der Waals surface area contributed by atoms with Gasteiger partial charge in [0.1, 0.15) is 5.82 Å². The van der Waals surface area contributed by atoms with E-state index in [-0.39, 0.29) is 11.6 Å². The number of nitrogens with one attached hydrogen (secondary N) is 1. The van der Waals surface area contributed by atoms with Crippen LogP contribution in [0.5, 0.6) is 0 Å². The molecule has 0 amide bonds. The van der Waals surface area contributed by atoms with Crippen LogP contribution in [0.25, 0.3) is 0 Å². The third kappa shape index (κ3) is 4.33. The number of halogens is 1. The molecule has 2 aromatic carbocycles. The van der Waals surface area contributed by atoms with E-state index in [2.05, 4.69) is 15.1 Å². The van der Waals surface area contributed by atoms with Crippen LogP contribution >= 0.6 is 12.2 Å². The molecule has 130 valence electrons. The van der Waals surface area contributed by atoms with Crippen LogP contribution in [0.3, 0.4) is 0 Å². The molecule has 6 heteroatoms. The summed E-state index contributed by atoms with van der Waals surface area (Å²) >= 11 is 5.49. The molecule has 1 heterocycles. The van der Waals surface area contributed by atoms with Crippen molar-refractivity contribution in [2.75, 3.05) is 36.4 Å². The fourth-order valence-electron chi connectivity index (χ4n) is 2.81. The van der Waals surface area contributed by atoms with Crippen molar-refractivity contribution >= 4 is 34.5 Å². The number of benzene rings is 2. The van der Waals surface area contributed by atoms with Crippen LogP contribution in [-0.2, 0) is 0 Å². The summed E-state index contributed by atoms with van der Waals surface area (Å²) in [7, 11) is 0. The maximum Gasteiger partial charge on any atom is 0.173 e. The largest absolute Gasteiger partial charge is 0.368 e. The Hall–Kier alpha value is -2.47. The minimum Gasteiger partial charge on any atom is -0.368 e. The highest BCUT2D eigenvalue weighted by Crippen LogP contribution is 2.18. The zero-order valence-electron chi connectivity index (χ0n) is 14.0. The first kappa shape index (κ1) is 17.4. The number of carbonyl (C=O) groups is 1. The van der Waals surface area contributed by atoms with Crippen LogP contribution in [0, 0.1) is 5.82 Å². The third-order valence-electron chi connectivity index (χ3n) is 4.30. The van der Waals surface area contributed by atoms with Gasteiger partial charge in [-0.1, -0.05) is 0 Å². The summed E-state index contributed by atoms with van der Waals surface area (Å²) < 4.78 is 13.0. The second kappa shape index (κ2) is 7.61. The number of nitrogens with zero attached hydrogens (tertiary/aromatic N) is 2. The molecule has 3 rings (SSSR count). The van der Waals surface area contributed by atoms with Gasteiger partial charge in [-0.3, -0.25) is 4.79 Å². The van der Waals surface area contributed by atoms with Crippen molar-refractivity contribution in [3.63, 3.8) is 0 Å². The molecule has 0 atom stereocenters. The Morgan fingerprint density at radius 2 is 1.60 bits per heavy atom. The van der Waals surface area contributed by atoms with E-state index in [4.69, 9.17) is 12.2 Å². The number of ketones is 1. The average molecular weight is 357 g/mol. The van der Waals surface area contributed by atoms with Gasteiger partial charge >= 0.3 is 0 Å². The standard InChI is InChI=1S/C19H20FN3OS/c1-14(24)15-2-6-17(7-3-15)21-19(25)23-12-10-22(11-13-23)18-8-4-16(20)5-9-18/h2-9H,10-13H2,1H3,(H,21,25). The van der Waals surface area contributed by atoms with Crippen molar-refractivity contribution in [1.29, 1.82) is 0 Å². The van der Waals surface area contributed by atoms with E-state index in [9.17, 15) is 9.18 Å². The Labute approximate surface area is 152 Å². The number of hydrogen-bond donors (Lipinski definition) is 1. The van der Waals surface area contributed by atoms with E-state index in [0.717, 1.165) is 37.6 Å². The molecule has 2 aromatic rings. The molecule has 0 radical (unpaired) electrons. The first-order chi connectivity index (χ1) is 12.0. The van der Waals surface area contributed by atoms with Crippen LogP contribution in [0.15, 0.2) is 48.5 Å². The molecule has 0 unspecified atom stereocenters. The van der Waals surface area contributed by atoms with Gasteiger partial charge in [0.25, 0.3) is 0 Å². The molecule has 1 saturated heterocycles. The lowest BCUT2D eigenvalue weighted by Gasteiger charge is -2.37. The number of hydrogen-bond acceptors (Lipinski definition) is 3. The van der Waals surface area contributed by atoms with Gasteiger partial charge in [-0.25, -0.2) is 4.39 Å². The van der Waals surface area contributed by atoms with Crippen LogP contribution < -0.4 is 10.2 Å². The second-order valence-corrected chi connectivity index (χ2v) is 6.40. The monoisotopic (exact) mass is 357 g/mol. The summed E-state index contributed by atoms with van der Waals surface area (Å²) in [6, 6.07) is 13.9. The summed E-state index contributed by atoms with van der Waals surface area (Å²) in [6.07, 6.45) is 0. The molecule has 0 bridgehead atoms. The summed E-state index contributed by atoms with van der Waals surface area (Å²) in [5, 5.41) is 3.89. The third-order valence-corrected chi connectivity index (χ3v) is 4.66. The lowest BCUT2D eigenvalue weighted by molar-refractivity contribution is 0.101. The zero-order valence-corrected chi connectivity index (χ0v) is 14.9. The predicted octanol–water partition coefficient (Wildman–Crippen LogP) is 3.55. The number of rotatable bonds is 3. The highest BCUT2D eigenvalue weighted by molar-refractivity contribution is 7.80. The van der Waals surface area contributed by atoms with Crippen LogP contribution in [0.1, 0.15) is 17.3 Å². The minimum atomic E-state index is -0.219. The van der Waals surface area contributed by atoms with Gasteiger partial charge in [0, 0.05) is 43.1 Å². The van der Waals surface area contributed by atoms with Gasteiger partial charge in [-0.15, -0.1) is 0 Å². The van der Waals surface area contributed by atoms with E-state index >= 15 is 0 Å². The summed E-state index contributed by atoms with van der Waals surface area (Å²) in [6.45, 7) is 4.81. The second-order valence-electron chi connectivity index (χ2n) is 6.01. The topological polar surface area (TPSA) is 35.6 Å². The van der Waals surface area contributed by atoms with Crippen molar-refractivity contribution in [1.82, 2.24) is 4.90 Å². The molecule has 1 N–H and O–H groups in total. The Kier molecular flexibility index (Phi) is 5.28. The van der Waals surface area contributed by atoms with Crippen molar-refractivity contribution in [3.8, 4) is 0 Å². The molecule has 0 aromatic heterocycles. The van der Waals surface area contributed by atoms with E-state index in [1.807, 2.05) is 12.1 Å². The molecular weight excluding hydrogens is 337 g/mol. The number of thiocarbonyl (C=S) groups is 1. The SMILES string of the molecule is CC(=O)c1ccc(NC(=S)N2CCN(c3ccc(F)cc3)CC2)cc1. The first-order valence-electron chi connectivity index (χ1n) is 8.20. The lowest BCUT2D eigenvalue weighted by Crippen LogP contribution is -2.50. The minimum absolute atomic E-state index is 0.0473. The van der Waals surface area contributed by atoms with Gasteiger partial charge in [-0.05, 0) is 67.7 Å². The van der Waals surface area contributed by atoms with Gasteiger partial charge < -0.3 is 15.1 Å². The maximum absolute atomic E-state index is 13.0. The van der Waals surface area contributed by atoms with Gasteiger partial charge in [0.05, 0.1) is 0 Å². The Morgan fingerprint density at radius 1 is 1.00 bits per heavy atom. The van der Waals surface area contributed by atoms with E-state index < -0.39 is 0 Å². The predicted molar refractivity (Wildman–Crippen MR) is 103 cm³/mol. The Bertz CT molecular complexity index is 753. The van der Waals surface area contributed by atoms with Crippen molar-refractivity contribution in [2.24, 2.45) is 0 Å². The summed E-state index contributed by atoms with van der Waals surface area (Å²) in [5.41, 5.74) is 2.58. The van der Waals surface area contributed by atoms with E-state index in [0.29, 0.717) is 10.7 Å². The maximum atomic E-state index is 13.0. The lowest BCUT2D eigenvalue weighted by atomic mass is 10.1. The van der Waals surface area contributed by atoms with E-state index in [1.165, 1.54) is 12.1 Å². The molecule has 1 aliphatic heterocycles. The van der Waals surface area contributed by atoms with Crippen molar-refractivity contribution in [3.05, 3.63) is 59.9 Å². The van der Waals surface area contributed by atoms with Gasteiger partial charge in [-0.2, -0.15) is 0 Å². The molecule has 0 spiro atoms. The van der Waals surface area contributed by atoms with Crippen LogP contribution in [0.2, 0.25) is 0 Å². The average Bonchev–Trinajstić information content (AvgIpc) is 2.63. The fourth-order valence-corrected chi connectivity index (χ4v) is 3.11. The Morgan fingerprint density at radius 3 is 2.16 bits per heavy atom. The van der Waals surface area contributed by atoms with E-state index in [1.54, 1.807) is 31.2 Å². The molecule has 25 heavy (non-hydrogen) atoms. The fraction of sp³-hybridized carbons (Fsp3) is 0.263. The molecule has 4 nitrogen and oxygen atoms in total. The molecular formula is C19H20FN3OS. The normalized spacial score (nSPS) is 14.3. The summed E-state index contributed by atoms with van der Waals surface area (Å²) in [4.78, 5) is 15.7. The number of anilines is 2. The highest BCUT2D eigenvalue weighted by atomic mass is 32.1. The van der Waals surface area contributed by atoms with Gasteiger partial charge in [0.15, 0.2) is 10.9 Å². The first-order valence-corrected chi connectivity index (χ1v) is 8.61. The van der Waals surface area contributed by atoms with Gasteiger partial charge in [0.2, 0.25) is 0 Å². The van der Waals surface area contributed by atoms with Crippen molar-refractivity contribution < 1.29 is 9.18 Å². The number of piperazine rings is 1. The number of carbonyl (C=O) groups excluding carboxylic acids is 1. The molecule has 1 aliphatic rings. The Balaban J connectivity index is 1.54. The van der Waals surface area contributed by atoms with Crippen LogP contribution in [-0.4, -0.2) is 42.0 Å². The van der Waals surface area contributed by atoms with Crippen molar-refractivity contribution in [2.45, 2.75) is 6.92 Å². The highest BCUT2D eigenvalue weighted by Gasteiger charge is 2.19. The summed E-state index contributed by atoms with van der Waals surface area (Å²) in [5.74, 6) is -0.172. The molecule has 0 aliphatic carbocycles. The smallest absolute Gasteiger partial charge is 0.173 e. The quantitative estimate of drug-likeness (QED) is 0.671. The zero-order chi connectivity index (χ0) is 17.8.